The van der Waals surface area contributed by atoms with Crippen LogP contribution in [0.4, 0.5) is 0 Å². The number of rotatable bonds is 4. The molecule has 1 atom stereocenters. The van der Waals surface area contributed by atoms with E-state index in [0.717, 1.165) is 37.1 Å². The molecule has 1 unspecified atom stereocenters. The molecule has 4 aliphatic carbocycles. The molecule has 5 aliphatic rings. The quantitative estimate of drug-likeness (QED) is 0.812. The molecule has 0 spiro atoms. The Kier molecular flexibility index (Phi) is 4.11. The predicted molar refractivity (Wildman–Crippen MR) is 102 cm³/mol. The SMILES string of the molecule is CN(CC1Cc2ccccc2CO1)C(=O)CC12CC3CC(CC(C3)C1)C2. The van der Waals surface area contributed by atoms with Gasteiger partial charge in [0.2, 0.25) is 5.91 Å². The van der Waals surface area contributed by atoms with E-state index in [1.165, 1.54) is 49.7 Å². The van der Waals surface area contributed by atoms with Crippen molar-refractivity contribution in [1.82, 2.24) is 4.90 Å². The fourth-order valence-corrected chi connectivity index (χ4v) is 6.90. The zero-order valence-electron chi connectivity index (χ0n) is 16.0. The fourth-order valence-electron chi connectivity index (χ4n) is 6.90. The van der Waals surface area contributed by atoms with Crippen molar-refractivity contribution in [3.63, 3.8) is 0 Å². The summed E-state index contributed by atoms with van der Waals surface area (Å²) < 4.78 is 6.03. The molecule has 1 aliphatic heterocycles. The Balaban J connectivity index is 1.20. The van der Waals surface area contributed by atoms with Gasteiger partial charge in [-0.3, -0.25) is 4.79 Å². The minimum absolute atomic E-state index is 0.134. The molecule has 0 N–H and O–H groups in total. The van der Waals surface area contributed by atoms with Gasteiger partial charge in [0.25, 0.3) is 0 Å². The predicted octanol–water partition coefficient (Wildman–Crippen LogP) is 4.19. The van der Waals surface area contributed by atoms with Crippen molar-refractivity contribution in [1.29, 1.82) is 0 Å². The largest absolute Gasteiger partial charge is 0.371 e. The van der Waals surface area contributed by atoms with E-state index in [1.54, 1.807) is 0 Å². The van der Waals surface area contributed by atoms with Gasteiger partial charge >= 0.3 is 0 Å². The van der Waals surface area contributed by atoms with Crippen LogP contribution in [-0.4, -0.2) is 30.5 Å². The summed E-state index contributed by atoms with van der Waals surface area (Å²) >= 11 is 0. The lowest BCUT2D eigenvalue weighted by atomic mass is 9.49. The van der Waals surface area contributed by atoms with E-state index in [9.17, 15) is 4.79 Å². The van der Waals surface area contributed by atoms with Gasteiger partial charge in [-0.15, -0.1) is 0 Å². The molecular weight excluding hydrogens is 322 g/mol. The third-order valence-electron chi connectivity index (χ3n) is 7.64. The molecule has 3 heteroatoms. The Bertz CT molecular complexity index is 662. The molecule has 4 saturated carbocycles. The van der Waals surface area contributed by atoms with Gasteiger partial charge in [-0.1, -0.05) is 24.3 Å². The number of carbonyl (C=O) groups is 1. The van der Waals surface area contributed by atoms with Crippen molar-refractivity contribution in [3.05, 3.63) is 35.4 Å². The normalized spacial score (nSPS) is 37.4. The standard InChI is InChI=1S/C23H31NO2/c1-24(14-21-9-19-4-2-3-5-20(19)15-26-21)22(25)13-23-10-16-6-17(11-23)8-18(7-16)12-23/h2-5,16-18,21H,6-15H2,1H3. The minimum atomic E-state index is 0.134. The lowest BCUT2D eigenvalue weighted by Crippen LogP contribution is -2.48. The van der Waals surface area contributed by atoms with Gasteiger partial charge in [0.1, 0.15) is 0 Å². The summed E-state index contributed by atoms with van der Waals surface area (Å²) in [5.74, 6) is 3.09. The number of fused-ring (bicyclic) bond motifs is 1. The van der Waals surface area contributed by atoms with Crippen molar-refractivity contribution in [2.75, 3.05) is 13.6 Å². The van der Waals surface area contributed by atoms with Gasteiger partial charge in [0.05, 0.1) is 12.7 Å². The summed E-state index contributed by atoms with van der Waals surface area (Å²) in [6.45, 7) is 1.40. The van der Waals surface area contributed by atoms with Crippen molar-refractivity contribution in [2.24, 2.45) is 23.2 Å². The Labute approximate surface area is 157 Å². The van der Waals surface area contributed by atoms with E-state index in [0.29, 0.717) is 17.9 Å². The lowest BCUT2D eigenvalue weighted by Gasteiger charge is -2.57. The summed E-state index contributed by atoms with van der Waals surface area (Å²) in [6.07, 6.45) is 10.1. The van der Waals surface area contributed by atoms with Gasteiger partial charge in [-0.05, 0) is 72.8 Å². The smallest absolute Gasteiger partial charge is 0.222 e. The molecule has 4 fully saturated rings. The molecule has 1 heterocycles. The highest BCUT2D eigenvalue weighted by molar-refractivity contribution is 5.76. The second-order valence-corrected chi connectivity index (χ2v) is 9.77. The van der Waals surface area contributed by atoms with Crippen LogP contribution in [-0.2, 0) is 22.6 Å². The molecule has 26 heavy (non-hydrogen) atoms. The van der Waals surface area contributed by atoms with Crippen LogP contribution in [0.25, 0.3) is 0 Å². The van der Waals surface area contributed by atoms with Crippen molar-refractivity contribution in [3.8, 4) is 0 Å². The molecule has 1 amide bonds. The summed E-state index contributed by atoms with van der Waals surface area (Å²) in [7, 11) is 1.98. The van der Waals surface area contributed by atoms with E-state index in [2.05, 4.69) is 24.3 Å². The maximum atomic E-state index is 13.0. The van der Waals surface area contributed by atoms with Crippen LogP contribution in [0.5, 0.6) is 0 Å². The first-order valence-corrected chi connectivity index (χ1v) is 10.5. The zero-order valence-corrected chi connectivity index (χ0v) is 16.0. The maximum Gasteiger partial charge on any atom is 0.222 e. The Morgan fingerprint density at radius 2 is 1.69 bits per heavy atom. The second kappa shape index (κ2) is 6.37. The summed E-state index contributed by atoms with van der Waals surface area (Å²) in [5, 5.41) is 0. The second-order valence-electron chi connectivity index (χ2n) is 9.77. The van der Waals surface area contributed by atoms with Crippen LogP contribution >= 0.6 is 0 Å². The van der Waals surface area contributed by atoms with E-state index in [1.807, 2.05) is 11.9 Å². The summed E-state index contributed by atoms with van der Waals surface area (Å²) in [6, 6.07) is 8.52. The topological polar surface area (TPSA) is 29.5 Å². The van der Waals surface area contributed by atoms with Crippen molar-refractivity contribution in [2.45, 2.75) is 64.1 Å². The lowest BCUT2D eigenvalue weighted by molar-refractivity contribution is -0.140. The molecule has 0 radical (unpaired) electrons. The Morgan fingerprint density at radius 1 is 1.08 bits per heavy atom. The summed E-state index contributed by atoms with van der Waals surface area (Å²) in [4.78, 5) is 15.0. The first-order valence-electron chi connectivity index (χ1n) is 10.5. The van der Waals surface area contributed by atoms with E-state index in [4.69, 9.17) is 4.74 Å². The number of likely N-dealkylation sites (N-methyl/N-ethyl adjacent to an activating group) is 1. The van der Waals surface area contributed by atoms with Gasteiger partial charge in [0, 0.05) is 26.4 Å². The number of hydrogen-bond acceptors (Lipinski definition) is 2. The van der Waals surface area contributed by atoms with Crippen LogP contribution in [0.3, 0.4) is 0 Å². The van der Waals surface area contributed by atoms with E-state index in [-0.39, 0.29) is 6.10 Å². The molecule has 0 saturated heterocycles. The van der Waals surface area contributed by atoms with Crippen LogP contribution in [0.15, 0.2) is 24.3 Å². The number of carbonyl (C=O) groups excluding carboxylic acids is 1. The first-order chi connectivity index (χ1) is 12.6. The van der Waals surface area contributed by atoms with Crippen LogP contribution < -0.4 is 0 Å². The minimum Gasteiger partial charge on any atom is -0.371 e. The Hall–Kier alpha value is -1.35. The molecule has 1 aromatic carbocycles. The van der Waals surface area contributed by atoms with Crippen LogP contribution in [0.2, 0.25) is 0 Å². The molecular formula is C23H31NO2. The molecule has 0 aromatic heterocycles. The van der Waals surface area contributed by atoms with Gasteiger partial charge in [0.15, 0.2) is 0 Å². The molecule has 3 nitrogen and oxygen atoms in total. The molecule has 6 rings (SSSR count). The fraction of sp³-hybridized carbons (Fsp3) is 0.696. The highest BCUT2D eigenvalue weighted by Crippen LogP contribution is 2.61. The van der Waals surface area contributed by atoms with Crippen LogP contribution in [0, 0.1) is 23.2 Å². The average molecular weight is 354 g/mol. The van der Waals surface area contributed by atoms with Crippen LogP contribution in [0.1, 0.15) is 56.1 Å². The average Bonchev–Trinajstić information content (AvgIpc) is 2.60. The van der Waals surface area contributed by atoms with Crippen molar-refractivity contribution < 1.29 is 9.53 Å². The molecule has 1 aromatic rings. The van der Waals surface area contributed by atoms with Crippen molar-refractivity contribution >= 4 is 5.91 Å². The van der Waals surface area contributed by atoms with Gasteiger partial charge < -0.3 is 9.64 Å². The number of benzene rings is 1. The number of amides is 1. The first kappa shape index (κ1) is 16.8. The zero-order chi connectivity index (χ0) is 17.7. The molecule has 4 bridgehead atoms. The van der Waals surface area contributed by atoms with E-state index < -0.39 is 0 Å². The van der Waals surface area contributed by atoms with Gasteiger partial charge in [-0.25, -0.2) is 0 Å². The van der Waals surface area contributed by atoms with E-state index >= 15 is 0 Å². The third kappa shape index (κ3) is 3.09. The summed E-state index contributed by atoms with van der Waals surface area (Å²) in [5.41, 5.74) is 3.01. The monoisotopic (exact) mass is 353 g/mol. The third-order valence-corrected chi connectivity index (χ3v) is 7.64. The maximum absolute atomic E-state index is 13.0. The number of ether oxygens (including phenoxy) is 1. The number of hydrogen-bond donors (Lipinski definition) is 0. The highest BCUT2D eigenvalue weighted by atomic mass is 16.5. The Morgan fingerprint density at radius 3 is 2.35 bits per heavy atom. The number of nitrogens with zero attached hydrogens (tertiary/aromatic N) is 1. The molecule has 140 valence electrons. The highest BCUT2D eigenvalue weighted by Gasteiger charge is 2.51. The van der Waals surface area contributed by atoms with Gasteiger partial charge in [-0.2, -0.15) is 0 Å².